The summed E-state index contributed by atoms with van der Waals surface area (Å²) in [5.74, 6) is -1.35. The Morgan fingerprint density at radius 1 is 0.893 bits per heavy atom. The number of hydrogen-bond donors (Lipinski definition) is 2. The van der Waals surface area contributed by atoms with E-state index < -0.39 is 12.1 Å². The molecule has 0 aliphatic carbocycles. The number of carbonyl (C=O) groups excluding carboxylic acids is 1. The zero-order valence-electron chi connectivity index (χ0n) is 15.7. The number of carboxylic acid groups (broad SMARTS) is 1. The number of aromatic carboxylic acids is 1. The topological polar surface area (TPSA) is 75.6 Å². The second-order valence-corrected chi connectivity index (χ2v) is 6.58. The second-order valence-electron chi connectivity index (χ2n) is 6.58. The van der Waals surface area contributed by atoms with Gasteiger partial charge in [-0.15, -0.1) is 0 Å². The Labute approximate surface area is 163 Å². The van der Waals surface area contributed by atoms with Crippen molar-refractivity contribution >= 4 is 17.6 Å². The van der Waals surface area contributed by atoms with Gasteiger partial charge < -0.3 is 15.2 Å². The minimum Gasteiger partial charge on any atom is -0.478 e. The number of para-hydroxylation sites is 1. The van der Waals surface area contributed by atoms with E-state index in [4.69, 9.17) is 4.74 Å². The monoisotopic (exact) mass is 375 g/mol. The molecule has 0 radical (unpaired) electrons. The Morgan fingerprint density at radius 2 is 1.50 bits per heavy atom. The average molecular weight is 375 g/mol. The maximum atomic E-state index is 13.0. The first-order valence-electron chi connectivity index (χ1n) is 8.87. The van der Waals surface area contributed by atoms with Crippen LogP contribution in [0.25, 0.3) is 0 Å². The van der Waals surface area contributed by atoms with E-state index in [9.17, 15) is 14.7 Å². The Balaban J connectivity index is 1.94. The second kappa shape index (κ2) is 8.39. The minimum absolute atomic E-state index is 0.00244. The van der Waals surface area contributed by atoms with Crippen LogP contribution >= 0.6 is 0 Å². The molecule has 3 aromatic rings. The summed E-state index contributed by atoms with van der Waals surface area (Å²) >= 11 is 0. The SMILES string of the molecule is Cc1cc(C)cc(NC(=O)C(Oc2ccccc2C(=O)O)c2ccccc2)c1. The van der Waals surface area contributed by atoms with Gasteiger partial charge in [-0.25, -0.2) is 4.79 Å². The molecule has 0 aliphatic heterocycles. The molecule has 28 heavy (non-hydrogen) atoms. The molecule has 3 rings (SSSR count). The molecule has 0 bridgehead atoms. The number of aryl methyl sites for hydroxylation is 2. The van der Waals surface area contributed by atoms with Crippen LogP contribution in [-0.4, -0.2) is 17.0 Å². The summed E-state index contributed by atoms with van der Waals surface area (Å²) in [6, 6.07) is 21.0. The summed E-state index contributed by atoms with van der Waals surface area (Å²) in [5.41, 5.74) is 3.36. The van der Waals surface area contributed by atoms with Crippen molar-refractivity contribution in [1.29, 1.82) is 0 Å². The maximum Gasteiger partial charge on any atom is 0.339 e. The highest BCUT2D eigenvalue weighted by Gasteiger charge is 2.25. The van der Waals surface area contributed by atoms with Gasteiger partial charge in [-0.3, -0.25) is 4.79 Å². The van der Waals surface area contributed by atoms with Crippen LogP contribution in [0.2, 0.25) is 0 Å². The molecule has 5 nitrogen and oxygen atoms in total. The Kier molecular flexibility index (Phi) is 5.75. The van der Waals surface area contributed by atoms with Crippen LogP contribution in [0.4, 0.5) is 5.69 Å². The van der Waals surface area contributed by atoms with Crippen LogP contribution in [-0.2, 0) is 4.79 Å². The summed E-state index contributed by atoms with van der Waals surface area (Å²) in [6.07, 6.45) is -0.998. The minimum atomic E-state index is -1.11. The number of benzene rings is 3. The first-order valence-corrected chi connectivity index (χ1v) is 8.87. The molecule has 0 spiro atoms. The molecule has 0 aliphatic rings. The van der Waals surface area contributed by atoms with E-state index in [-0.39, 0.29) is 17.2 Å². The predicted octanol–water partition coefficient (Wildman–Crippen LogP) is 4.76. The molecule has 5 heteroatoms. The highest BCUT2D eigenvalue weighted by Crippen LogP contribution is 2.27. The van der Waals surface area contributed by atoms with Crippen LogP contribution in [0, 0.1) is 13.8 Å². The summed E-state index contributed by atoms with van der Waals surface area (Å²) in [6.45, 7) is 3.91. The first-order chi connectivity index (χ1) is 13.4. The largest absolute Gasteiger partial charge is 0.478 e. The van der Waals surface area contributed by atoms with Gasteiger partial charge in [-0.1, -0.05) is 48.5 Å². The zero-order chi connectivity index (χ0) is 20.1. The average Bonchev–Trinajstić information content (AvgIpc) is 2.66. The lowest BCUT2D eigenvalue weighted by Crippen LogP contribution is -2.26. The van der Waals surface area contributed by atoms with Gasteiger partial charge in [-0.2, -0.15) is 0 Å². The molecule has 0 fully saturated rings. The van der Waals surface area contributed by atoms with Crippen molar-refractivity contribution in [2.75, 3.05) is 5.32 Å². The molecule has 0 heterocycles. The number of ether oxygens (including phenoxy) is 1. The number of anilines is 1. The van der Waals surface area contributed by atoms with E-state index in [0.29, 0.717) is 11.3 Å². The molecule has 1 amide bonds. The van der Waals surface area contributed by atoms with E-state index in [2.05, 4.69) is 5.32 Å². The fourth-order valence-electron chi connectivity index (χ4n) is 3.03. The normalized spacial score (nSPS) is 11.5. The fraction of sp³-hybridized carbons (Fsp3) is 0.130. The maximum absolute atomic E-state index is 13.0. The third kappa shape index (κ3) is 4.57. The quantitative estimate of drug-likeness (QED) is 0.651. The zero-order valence-corrected chi connectivity index (χ0v) is 15.7. The van der Waals surface area contributed by atoms with Crippen molar-refractivity contribution in [2.45, 2.75) is 20.0 Å². The lowest BCUT2D eigenvalue weighted by Gasteiger charge is -2.20. The molecule has 0 saturated heterocycles. The highest BCUT2D eigenvalue weighted by atomic mass is 16.5. The molecule has 1 unspecified atom stereocenters. The molecular weight excluding hydrogens is 354 g/mol. The van der Waals surface area contributed by atoms with E-state index in [0.717, 1.165) is 11.1 Å². The van der Waals surface area contributed by atoms with Crippen molar-refractivity contribution in [2.24, 2.45) is 0 Å². The summed E-state index contributed by atoms with van der Waals surface area (Å²) < 4.78 is 5.89. The number of carbonyl (C=O) groups is 2. The molecule has 3 aromatic carbocycles. The van der Waals surface area contributed by atoms with Crippen LogP contribution in [0.1, 0.15) is 33.2 Å². The van der Waals surface area contributed by atoms with Gasteiger partial charge in [-0.05, 0) is 49.2 Å². The molecule has 0 saturated carbocycles. The molecule has 142 valence electrons. The van der Waals surface area contributed by atoms with Gasteiger partial charge >= 0.3 is 5.97 Å². The van der Waals surface area contributed by atoms with Gasteiger partial charge in [0.15, 0.2) is 0 Å². The van der Waals surface area contributed by atoms with Crippen LogP contribution in [0.15, 0.2) is 72.8 Å². The van der Waals surface area contributed by atoms with E-state index in [1.807, 2.05) is 38.1 Å². The molecule has 1 atom stereocenters. The number of amides is 1. The van der Waals surface area contributed by atoms with E-state index in [1.54, 1.807) is 42.5 Å². The highest BCUT2D eigenvalue weighted by molar-refractivity contribution is 5.96. The van der Waals surface area contributed by atoms with Crippen molar-refractivity contribution < 1.29 is 19.4 Å². The number of carboxylic acids is 1. The Hall–Kier alpha value is -3.60. The predicted molar refractivity (Wildman–Crippen MR) is 108 cm³/mol. The first kappa shape index (κ1) is 19.2. The lowest BCUT2D eigenvalue weighted by molar-refractivity contribution is -0.123. The van der Waals surface area contributed by atoms with E-state index >= 15 is 0 Å². The summed E-state index contributed by atoms with van der Waals surface area (Å²) in [7, 11) is 0. The van der Waals surface area contributed by atoms with Crippen molar-refractivity contribution in [3.63, 3.8) is 0 Å². The number of nitrogens with one attached hydrogen (secondary N) is 1. The smallest absolute Gasteiger partial charge is 0.339 e. The van der Waals surface area contributed by atoms with E-state index in [1.165, 1.54) is 6.07 Å². The van der Waals surface area contributed by atoms with Gasteiger partial charge in [0.2, 0.25) is 6.10 Å². The van der Waals surface area contributed by atoms with Crippen LogP contribution in [0.5, 0.6) is 5.75 Å². The number of rotatable bonds is 6. The Bertz CT molecular complexity index is 978. The van der Waals surface area contributed by atoms with Crippen molar-refractivity contribution in [3.05, 3.63) is 95.1 Å². The van der Waals surface area contributed by atoms with Crippen molar-refractivity contribution in [3.8, 4) is 5.75 Å². The Morgan fingerprint density at radius 3 is 2.14 bits per heavy atom. The third-order valence-corrected chi connectivity index (χ3v) is 4.19. The number of hydrogen-bond acceptors (Lipinski definition) is 3. The van der Waals surface area contributed by atoms with Gasteiger partial charge in [0.25, 0.3) is 5.91 Å². The third-order valence-electron chi connectivity index (χ3n) is 4.19. The van der Waals surface area contributed by atoms with Gasteiger partial charge in [0.05, 0.1) is 0 Å². The summed E-state index contributed by atoms with van der Waals surface area (Å²) in [5, 5.41) is 12.3. The lowest BCUT2D eigenvalue weighted by atomic mass is 10.1. The van der Waals surface area contributed by atoms with Gasteiger partial charge in [0, 0.05) is 11.3 Å². The fourth-order valence-corrected chi connectivity index (χ4v) is 3.03. The van der Waals surface area contributed by atoms with Crippen LogP contribution in [0.3, 0.4) is 0 Å². The standard InChI is InChI=1S/C23H21NO4/c1-15-12-16(2)14-18(13-15)24-22(25)21(17-8-4-3-5-9-17)28-20-11-7-6-10-19(20)23(26)27/h3-14,21H,1-2H3,(H,24,25)(H,26,27). The van der Waals surface area contributed by atoms with Crippen molar-refractivity contribution in [1.82, 2.24) is 0 Å². The molecular formula is C23H21NO4. The summed E-state index contributed by atoms with van der Waals surface area (Å²) in [4.78, 5) is 24.5. The molecule has 2 N–H and O–H groups in total. The molecule has 0 aromatic heterocycles. The van der Waals surface area contributed by atoms with Gasteiger partial charge in [0.1, 0.15) is 11.3 Å². The van der Waals surface area contributed by atoms with Crippen LogP contribution < -0.4 is 10.1 Å².